The summed E-state index contributed by atoms with van der Waals surface area (Å²) in [6, 6.07) is 2.47. The number of rotatable bonds is 14. The van der Waals surface area contributed by atoms with Gasteiger partial charge >= 0.3 is 5.97 Å². The zero-order valence-electron chi connectivity index (χ0n) is 30.5. The molecular weight excluding hydrogens is 740 g/mol. The molecule has 1 aromatic carbocycles. The normalized spacial score (nSPS) is 37.5. The fraction of sp³-hybridized carbons (Fsp3) is 0.686. The van der Waals surface area contributed by atoms with E-state index in [-0.39, 0.29) is 22.4 Å². The summed E-state index contributed by atoms with van der Waals surface area (Å²) in [6.07, 6.45) is -17.6. The molecule has 14 atom stereocenters. The second-order valence-electron chi connectivity index (χ2n) is 14.7. The minimum atomic E-state index is -2.44. The van der Waals surface area contributed by atoms with Crippen molar-refractivity contribution in [2.75, 3.05) is 26.4 Å². The van der Waals surface area contributed by atoms with Crippen LogP contribution in [-0.2, 0) is 23.7 Å². The monoisotopic (exact) mass is 792 g/mol. The van der Waals surface area contributed by atoms with Crippen molar-refractivity contribution in [2.24, 2.45) is 0 Å². The molecule has 20 nitrogen and oxygen atoms in total. The molecule has 0 aliphatic carbocycles. The van der Waals surface area contributed by atoms with Crippen LogP contribution in [0.3, 0.4) is 0 Å². The van der Waals surface area contributed by atoms with E-state index in [0.29, 0.717) is 0 Å². The van der Waals surface area contributed by atoms with Gasteiger partial charge in [-0.3, -0.25) is 0 Å². The number of hydrogen-bond donors (Lipinski definition) is 13. The second kappa shape index (κ2) is 17.8. The van der Waals surface area contributed by atoms with E-state index in [1.165, 1.54) is 64.1 Å². The number of hydrogen-bond acceptors (Lipinski definition) is 20. The van der Waals surface area contributed by atoms with Crippen LogP contribution in [0, 0.1) is 0 Å². The van der Waals surface area contributed by atoms with Crippen molar-refractivity contribution in [1.29, 1.82) is 0 Å². The van der Waals surface area contributed by atoms with Gasteiger partial charge in [0.25, 0.3) is 0 Å². The summed E-state index contributed by atoms with van der Waals surface area (Å²) in [5, 5.41) is 134. The van der Waals surface area contributed by atoms with Crippen LogP contribution in [0.4, 0.5) is 0 Å². The third-order valence-corrected chi connectivity index (χ3v) is 9.08. The predicted molar refractivity (Wildman–Crippen MR) is 183 cm³/mol. The van der Waals surface area contributed by atoms with Gasteiger partial charge in [-0.15, -0.1) is 0 Å². The van der Waals surface area contributed by atoms with E-state index in [1.807, 2.05) is 0 Å². The van der Waals surface area contributed by atoms with Crippen LogP contribution in [0.25, 0.3) is 12.2 Å². The van der Waals surface area contributed by atoms with Crippen LogP contribution < -0.4 is 4.74 Å². The first-order valence-corrected chi connectivity index (χ1v) is 17.3. The van der Waals surface area contributed by atoms with E-state index >= 15 is 0 Å². The molecule has 0 amide bonds. The number of aliphatic hydroxyl groups excluding tert-OH is 11. The Morgan fingerprint density at radius 1 is 0.709 bits per heavy atom. The third kappa shape index (κ3) is 10.4. The third-order valence-electron chi connectivity index (χ3n) is 9.08. The molecule has 0 bridgehead atoms. The molecule has 3 saturated heterocycles. The molecule has 3 heterocycles. The zero-order valence-corrected chi connectivity index (χ0v) is 30.5. The van der Waals surface area contributed by atoms with E-state index in [2.05, 4.69) is 0 Å². The number of ether oxygens (including phenoxy) is 6. The first-order valence-electron chi connectivity index (χ1n) is 17.3. The summed E-state index contributed by atoms with van der Waals surface area (Å²) < 4.78 is 33.3. The first-order chi connectivity index (χ1) is 25.6. The number of carbonyl (C=O) groups excluding carboxylic acids is 1. The molecule has 55 heavy (non-hydrogen) atoms. The lowest BCUT2D eigenvalue weighted by atomic mass is 9.97. The lowest BCUT2D eigenvalue weighted by Gasteiger charge is -2.43. The van der Waals surface area contributed by atoms with Crippen molar-refractivity contribution in [3.05, 3.63) is 41.0 Å². The number of esters is 1. The van der Waals surface area contributed by atoms with Gasteiger partial charge in [-0.05, 0) is 39.8 Å². The minimum Gasteiger partial charge on any atom is -0.461 e. The molecule has 312 valence electrons. The van der Waals surface area contributed by atoms with E-state index in [0.717, 1.165) is 0 Å². The van der Waals surface area contributed by atoms with Crippen LogP contribution in [-0.4, -0.2) is 195 Å². The lowest BCUT2D eigenvalue weighted by Crippen LogP contribution is -2.62. The van der Waals surface area contributed by atoms with Gasteiger partial charge in [-0.25, -0.2) is 4.79 Å². The van der Waals surface area contributed by atoms with E-state index in [4.69, 9.17) is 28.4 Å². The highest BCUT2D eigenvalue weighted by Crippen LogP contribution is 2.37. The molecule has 0 spiro atoms. The highest BCUT2D eigenvalue weighted by molar-refractivity contribution is 5.92. The SMILES string of the molecule is CC(C)(O)C=Cc1cc(C(=O)OC[C@H]2O[C@H](O[C@]3(CO)O[C@H](CO)[C@@H](O)[C@@H]3O)[C@H](O)[C@@H](O)[C@@H]2O)cc(C=CC(C)(C)O)c1O[C@@H]1O[C@H](CO)[C@@H](O)[C@H](O)[C@H]1O. The summed E-state index contributed by atoms with van der Waals surface area (Å²) in [4.78, 5) is 13.6. The molecule has 4 rings (SSSR count). The first kappa shape index (κ1) is 45.0. The predicted octanol–water partition coefficient (Wildman–Crippen LogP) is -4.78. The van der Waals surface area contributed by atoms with E-state index < -0.39 is 129 Å². The van der Waals surface area contributed by atoms with Crippen LogP contribution in [0.1, 0.15) is 49.2 Å². The topological polar surface area (TPSA) is 335 Å². The Balaban J connectivity index is 1.65. The largest absolute Gasteiger partial charge is 0.461 e. The van der Waals surface area contributed by atoms with Crippen LogP contribution in [0.5, 0.6) is 5.75 Å². The minimum absolute atomic E-state index is 0.0534. The number of aliphatic hydroxyl groups is 13. The Morgan fingerprint density at radius 3 is 1.67 bits per heavy atom. The molecule has 0 radical (unpaired) electrons. The van der Waals surface area contributed by atoms with Crippen LogP contribution in [0.15, 0.2) is 24.3 Å². The highest BCUT2D eigenvalue weighted by atomic mass is 16.8. The van der Waals surface area contributed by atoms with E-state index in [9.17, 15) is 71.2 Å². The molecule has 3 fully saturated rings. The summed E-state index contributed by atoms with van der Waals surface area (Å²) >= 11 is 0. The van der Waals surface area contributed by atoms with Gasteiger partial charge in [-0.2, -0.15) is 0 Å². The van der Waals surface area contributed by atoms with Crippen molar-refractivity contribution in [2.45, 2.75) is 124 Å². The Labute approximate surface area is 315 Å². The molecular formula is C35H52O20. The molecule has 0 aromatic heterocycles. The maximum absolute atomic E-state index is 13.6. The Morgan fingerprint density at radius 2 is 1.20 bits per heavy atom. The molecule has 0 saturated carbocycles. The summed E-state index contributed by atoms with van der Waals surface area (Å²) in [7, 11) is 0. The van der Waals surface area contributed by atoms with Gasteiger partial charge in [0.2, 0.25) is 12.1 Å². The number of benzene rings is 1. The molecule has 3 aliphatic rings. The average molecular weight is 793 g/mol. The van der Waals surface area contributed by atoms with Gasteiger partial charge in [0.15, 0.2) is 6.29 Å². The fourth-order valence-electron chi connectivity index (χ4n) is 5.90. The fourth-order valence-corrected chi connectivity index (χ4v) is 5.90. The van der Waals surface area contributed by atoms with Gasteiger partial charge in [0, 0.05) is 11.1 Å². The van der Waals surface area contributed by atoms with Crippen LogP contribution in [0.2, 0.25) is 0 Å². The smallest absolute Gasteiger partial charge is 0.338 e. The van der Waals surface area contributed by atoms with Gasteiger partial charge in [0.1, 0.15) is 86.1 Å². The molecule has 20 heteroatoms. The summed E-state index contributed by atoms with van der Waals surface area (Å²) in [6.45, 7) is 2.33. The van der Waals surface area contributed by atoms with Crippen molar-refractivity contribution < 1.29 is 99.6 Å². The van der Waals surface area contributed by atoms with Crippen molar-refractivity contribution in [3.8, 4) is 5.75 Å². The highest BCUT2D eigenvalue weighted by Gasteiger charge is 2.58. The Bertz CT molecular complexity index is 1460. The maximum Gasteiger partial charge on any atom is 0.338 e. The number of carbonyl (C=O) groups is 1. The van der Waals surface area contributed by atoms with Gasteiger partial charge in [-0.1, -0.05) is 24.3 Å². The molecule has 1 aromatic rings. The van der Waals surface area contributed by atoms with Crippen molar-refractivity contribution in [3.63, 3.8) is 0 Å². The lowest BCUT2D eigenvalue weighted by molar-refractivity contribution is -0.383. The Kier molecular flexibility index (Phi) is 14.6. The zero-order chi connectivity index (χ0) is 41.2. The summed E-state index contributed by atoms with van der Waals surface area (Å²) in [5.41, 5.74) is -2.92. The van der Waals surface area contributed by atoms with Crippen molar-refractivity contribution >= 4 is 18.1 Å². The molecule has 13 N–H and O–H groups in total. The second-order valence-corrected chi connectivity index (χ2v) is 14.7. The molecule has 0 unspecified atom stereocenters. The van der Waals surface area contributed by atoms with Gasteiger partial charge < -0.3 is 94.8 Å². The standard InChI is InChI=1S/C35H52O20/c1-33(2,48)7-5-15-9-17(10-16(6-8-34(3,4)49)28(15)53-31-26(44)24(42)21(39)18(11-36)51-31)30(47)50-13-20-22(40)25(43)27(45)32(52-20)55-35(14-38)29(46)23(41)19(12-37)54-35/h5-10,18-27,29,31-32,36-46,48-49H,11-14H2,1-4H3/t18-,19-,20-,21-,22-,23-,24+,25+,26-,27-,29+,31+,32-,35+/m1/s1. The quantitative estimate of drug-likeness (QED) is 0.0786. The average Bonchev–Trinajstić information content (AvgIpc) is 3.37. The van der Waals surface area contributed by atoms with Crippen molar-refractivity contribution in [1.82, 2.24) is 0 Å². The maximum atomic E-state index is 13.6. The van der Waals surface area contributed by atoms with E-state index in [1.54, 1.807) is 0 Å². The summed E-state index contributed by atoms with van der Waals surface area (Å²) in [5.74, 6) is -3.63. The van der Waals surface area contributed by atoms with Gasteiger partial charge in [0.05, 0.1) is 30.0 Å². The van der Waals surface area contributed by atoms with Crippen LogP contribution >= 0.6 is 0 Å². The Hall–Kier alpha value is -2.71. The molecule has 3 aliphatic heterocycles.